The SMILES string of the molecule is COc1cc(OC)nc(NC(=O)c2sccc2N)n1. The number of hydrogen-bond acceptors (Lipinski definition) is 7. The number of ether oxygens (including phenoxy) is 2. The Kier molecular flexibility index (Phi) is 3.81. The lowest BCUT2D eigenvalue weighted by molar-refractivity contribution is 0.103. The number of aromatic nitrogens is 2. The van der Waals surface area contributed by atoms with E-state index in [0.29, 0.717) is 22.3 Å². The van der Waals surface area contributed by atoms with Crippen LogP contribution in [0.25, 0.3) is 0 Å². The molecule has 0 saturated carbocycles. The summed E-state index contributed by atoms with van der Waals surface area (Å²) in [4.78, 5) is 20.4. The number of carbonyl (C=O) groups is 1. The lowest BCUT2D eigenvalue weighted by atomic mass is 10.4. The highest BCUT2D eigenvalue weighted by Gasteiger charge is 2.14. The fourth-order valence-corrected chi connectivity index (χ4v) is 2.04. The molecule has 2 aromatic heterocycles. The molecule has 2 rings (SSSR count). The number of amides is 1. The molecule has 7 nitrogen and oxygen atoms in total. The van der Waals surface area contributed by atoms with Crippen LogP contribution in [0.4, 0.5) is 11.6 Å². The fourth-order valence-electron chi connectivity index (χ4n) is 1.33. The van der Waals surface area contributed by atoms with Crippen molar-refractivity contribution < 1.29 is 14.3 Å². The van der Waals surface area contributed by atoms with E-state index < -0.39 is 0 Å². The molecule has 0 aliphatic heterocycles. The molecule has 8 heteroatoms. The number of methoxy groups -OCH3 is 2. The fraction of sp³-hybridized carbons (Fsp3) is 0.182. The van der Waals surface area contributed by atoms with Crippen LogP contribution in [-0.2, 0) is 0 Å². The van der Waals surface area contributed by atoms with Crippen molar-refractivity contribution in [3.63, 3.8) is 0 Å². The van der Waals surface area contributed by atoms with Crippen molar-refractivity contribution in [2.24, 2.45) is 0 Å². The molecule has 0 aromatic carbocycles. The first-order valence-corrected chi connectivity index (χ1v) is 6.13. The van der Waals surface area contributed by atoms with E-state index in [9.17, 15) is 4.79 Å². The molecule has 2 aromatic rings. The van der Waals surface area contributed by atoms with Crippen molar-refractivity contribution >= 4 is 28.9 Å². The molecule has 0 fully saturated rings. The van der Waals surface area contributed by atoms with Crippen molar-refractivity contribution in [1.29, 1.82) is 0 Å². The molecule has 100 valence electrons. The summed E-state index contributed by atoms with van der Waals surface area (Å²) in [7, 11) is 2.93. The molecule has 0 saturated heterocycles. The third-order valence-corrected chi connectivity index (χ3v) is 3.15. The molecule has 0 aliphatic rings. The first-order chi connectivity index (χ1) is 9.13. The third-order valence-electron chi connectivity index (χ3n) is 2.22. The van der Waals surface area contributed by atoms with Gasteiger partial charge in [0.1, 0.15) is 4.88 Å². The summed E-state index contributed by atoms with van der Waals surface area (Å²) in [5, 5.41) is 4.28. The first kappa shape index (κ1) is 13.1. The molecule has 1 amide bonds. The summed E-state index contributed by atoms with van der Waals surface area (Å²) in [5.74, 6) is 0.305. The number of hydrogen-bond donors (Lipinski definition) is 2. The number of carbonyl (C=O) groups excluding carboxylic acids is 1. The second kappa shape index (κ2) is 5.53. The number of nitrogen functional groups attached to an aromatic ring is 1. The van der Waals surface area contributed by atoms with Gasteiger partial charge in [-0.3, -0.25) is 10.1 Å². The second-order valence-electron chi connectivity index (χ2n) is 3.44. The zero-order chi connectivity index (χ0) is 13.8. The van der Waals surface area contributed by atoms with E-state index in [1.165, 1.54) is 31.6 Å². The normalized spacial score (nSPS) is 10.0. The Labute approximate surface area is 113 Å². The molecule has 0 radical (unpaired) electrons. The highest BCUT2D eigenvalue weighted by molar-refractivity contribution is 7.12. The van der Waals surface area contributed by atoms with Crippen LogP contribution in [0.3, 0.4) is 0 Å². The Balaban J connectivity index is 2.23. The van der Waals surface area contributed by atoms with E-state index in [1.54, 1.807) is 11.4 Å². The van der Waals surface area contributed by atoms with E-state index in [-0.39, 0.29) is 11.9 Å². The van der Waals surface area contributed by atoms with E-state index in [2.05, 4.69) is 15.3 Å². The highest BCUT2D eigenvalue weighted by atomic mass is 32.1. The largest absolute Gasteiger partial charge is 0.481 e. The number of anilines is 2. The van der Waals surface area contributed by atoms with E-state index >= 15 is 0 Å². The topological polar surface area (TPSA) is 99.4 Å². The standard InChI is InChI=1S/C11H12N4O3S/c1-17-7-5-8(18-2)14-11(13-7)15-10(16)9-6(12)3-4-19-9/h3-5H,12H2,1-2H3,(H,13,14,15,16). The predicted octanol–water partition coefficient (Wildman–Crippen LogP) is 1.39. The summed E-state index contributed by atoms with van der Waals surface area (Å²) in [6.45, 7) is 0. The van der Waals surface area contributed by atoms with Crippen LogP contribution in [0.15, 0.2) is 17.5 Å². The molecule has 0 unspecified atom stereocenters. The van der Waals surface area contributed by atoms with E-state index in [0.717, 1.165) is 0 Å². The van der Waals surface area contributed by atoms with Gasteiger partial charge in [-0.25, -0.2) is 0 Å². The zero-order valence-electron chi connectivity index (χ0n) is 10.3. The van der Waals surface area contributed by atoms with Crippen molar-refractivity contribution in [2.45, 2.75) is 0 Å². The summed E-state index contributed by atoms with van der Waals surface area (Å²) in [6, 6.07) is 3.17. The average Bonchev–Trinajstić information content (AvgIpc) is 2.84. The quantitative estimate of drug-likeness (QED) is 0.878. The molecule has 0 aliphatic carbocycles. The van der Waals surface area contributed by atoms with Gasteiger partial charge in [0, 0.05) is 0 Å². The smallest absolute Gasteiger partial charge is 0.270 e. The molecular weight excluding hydrogens is 268 g/mol. The van der Waals surface area contributed by atoms with Gasteiger partial charge in [0.25, 0.3) is 5.91 Å². The van der Waals surface area contributed by atoms with Crippen LogP contribution in [0.5, 0.6) is 11.8 Å². The van der Waals surface area contributed by atoms with E-state index in [1.807, 2.05) is 0 Å². The molecule has 0 bridgehead atoms. The number of nitrogens with two attached hydrogens (primary N) is 1. The Morgan fingerprint density at radius 1 is 1.32 bits per heavy atom. The Morgan fingerprint density at radius 2 is 1.95 bits per heavy atom. The molecule has 2 heterocycles. The van der Waals surface area contributed by atoms with Crippen LogP contribution in [0, 0.1) is 0 Å². The minimum Gasteiger partial charge on any atom is -0.481 e. The van der Waals surface area contributed by atoms with Gasteiger partial charge in [-0.15, -0.1) is 11.3 Å². The van der Waals surface area contributed by atoms with E-state index in [4.69, 9.17) is 15.2 Å². The minimum absolute atomic E-state index is 0.0917. The lowest BCUT2D eigenvalue weighted by Crippen LogP contribution is -2.14. The van der Waals surface area contributed by atoms with Crippen molar-refractivity contribution in [3.05, 3.63) is 22.4 Å². The zero-order valence-corrected chi connectivity index (χ0v) is 11.2. The summed E-state index contributed by atoms with van der Waals surface area (Å²) < 4.78 is 9.98. The Morgan fingerprint density at radius 3 is 2.42 bits per heavy atom. The van der Waals surface area contributed by atoms with Crippen molar-refractivity contribution in [1.82, 2.24) is 9.97 Å². The number of thiophene rings is 1. The van der Waals surface area contributed by atoms with Gasteiger partial charge in [-0.05, 0) is 11.4 Å². The second-order valence-corrected chi connectivity index (χ2v) is 4.35. The van der Waals surface area contributed by atoms with Gasteiger partial charge in [0.15, 0.2) is 0 Å². The number of nitrogens with zero attached hydrogens (tertiary/aromatic N) is 2. The first-order valence-electron chi connectivity index (χ1n) is 5.25. The van der Waals surface area contributed by atoms with Gasteiger partial charge >= 0.3 is 0 Å². The maximum Gasteiger partial charge on any atom is 0.270 e. The van der Waals surface area contributed by atoms with Crippen LogP contribution in [0.2, 0.25) is 0 Å². The average molecular weight is 280 g/mol. The molecule has 3 N–H and O–H groups in total. The van der Waals surface area contributed by atoms with Gasteiger partial charge in [0.2, 0.25) is 17.7 Å². The van der Waals surface area contributed by atoms with Crippen molar-refractivity contribution in [3.8, 4) is 11.8 Å². The summed E-state index contributed by atoms with van der Waals surface area (Å²) in [6.07, 6.45) is 0. The predicted molar refractivity (Wildman–Crippen MR) is 71.8 cm³/mol. The van der Waals surface area contributed by atoms with Gasteiger partial charge < -0.3 is 15.2 Å². The maximum absolute atomic E-state index is 12.0. The number of nitrogens with one attached hydrogen (secondary N) is 1. The van der Waals surface area contributed by atoms with Gasteiger partial charge in [-0.1, -0.05) is 0 Å². The van der Waals surface area contributed by atoms with Crippen molar-refractivity contribution in [2.75, 3.05) is 25.3 Å². The third kappa shape index (κ3) is 2.91. The Hall–Kier alpha value is -2.35. The highest BCUT2D eigenvalue weighted by Crippen LogP contribution is 2.21. The summed E-state index contributed by atoms with van der Waals surface area (Å²) >= 11 is 1.24. The summed E-state index contributed by atoms with van der Waals surface area (Å²) in [5.41, 5.74) is 6.08. The molecule has 19 heavy (non-hydrogen) atoms. The van der Waals surface area contributed by atoms with Crippen LogP contribution >= 0.6 is 11.3 Å². The maximum atomic E-state index is 12.0. The van der Waals surface area contributed by atoms with Gasteiger partial charge in [0.05, 0.1) is 26.0 Å². The molecule has 0 atom stereocenters. The molecule has 0 spiro atoms. The van der Waals surface area contributed by atoms with Gasteiger partial charge in [-0.2, -0.15) is 9.97 Å². The minimum atomic E-state index is -0.372. The van der Waals surface area contributed by atoms with Crippen LogP contribution in [-0.4, -0.2) is 30.1 Å². The monoisotopic (exact) mass is 280 g/mol. The Bertz CT molecular complexity index is 577. The van der Waals surface area contributed by atoms with Crippen LogP contribution < -0.4 is 20.5 Å². The molecular formula is C11H12N4O3S. The van der Waals surface area contributed by atoms with Crippen LogP contribution in [0.1, 0.15) is 9.67 Å². The number of rotatable bonds is 4. The lowest BCUT2D eigenvalue weighted by Gasteiger charge is -2.07.